The Bertz CT molecular complexity index is 2300. The van der Waals surface area contributed by atoms with Gasteiger partial charge in [-0.25, -0.2) is 16.8 Å². The number of halogens is 2. The molecule has 0 aromatic heterocycles. The number of piperidine rings is 2. The quantitative estimate of drug-likeness (QED) is 0.0793. The highest BCUT2D eigenvalue weighted by atomic mass is 35.5. The maximum atomic E-state index is 12.2. The highest BCUT2D eigenvalue weighted by Crippen LogP contribution is 2.37. The van der Waals surface area contributed by atoms with E-state index in [1.165, 1.54) is 22.5 Å². The van der Waals surface area contributed by atoms with Gasteiger partial charge in [0.15, 0.2) is 19.7 Å². The molecule has 0 spiro atoms. The molecule has 4 aromatic carbocycles. The third-order valence-electron chi connectivity index (χ3n) is 14.0. The summed E-state index contributed by atoms with van der Waals surface area (Å²) >= 11 is 12.0. The smallest absolute Gasteiger partial charge is 0.155 e. The first-order chi connectivity index (χ1) is 31.7. The molecule has 0 radical (unpaired) electrons. The van der Waals surface area contributed by atoms with Gasteiger partial charge in [0.05, 0.1) is 32.7 Å². The Hall–Kier alpha value is -3.12. The van der Waals surface area contributed by atoms with Crippen LogP contribution in [0.3, 0.4) is 0 Å². The van der Waals surface area contributed by atoms with Crippen LogP contribution in [0.1, 0.15) is 147 Å². The van der Waals surface area contributed by atoms with Crippen molar-refractivity contribution in [3.8, 4) is 0 Å². The summed E-state index contributed by atoms with van der Waals surface area (Å²) in [7, 11) is -5.88. The van der Waals surface area contributed by atoms with E-state index in [0.29, 0.717) is 47.2 Å². The summed E-state index contributed by atoms with van der Waals surface area (Å²) in [5, 5.41) is 23.3. The summed E-state index contributed by atoms with van der Waals surface area (Å²) < 4.78 is 47.3. The highest BCUT2D eigenvalue weighted by molar-refractivity contribution is 7.92. The summed E-state index contributed by atoms with van der Waals surface area (Å²) in [5.41, 5.74) is 5.44. The molecule has 2 heterocycles. The molecule has 2 aliphatic rings. The fourth-order valence-corrected chi connectivity index (χ4v) is 11.5. The predicted molar refractivity (Wildman–Crippen MR) is 283 cm³/mol. The van der Waals surface area contributed by atoms with Gasteiger partial charge in [0.2, 0.25) is 0 Å². The molecule has 0 atom stereocenters. The highest BCUT2D eigenvalue weighted by Gasteiger charge is 2.35. The number of sulfone groups is 2. The largest absolute Gasteiger partial charge is 0.385 e. The lowest BCUT2D eigenvalue weighted by Crippen LogP contribution is -2.42. The van der Waals surface area contributed by atoms with Gasteiger partial charge in [-0.15, -0.1) is 0 Å². The van der Waals surface area contributed by atoms with E-state index in [-0.39, 0.29) is 5.25 Å². The van der Waals surface area contributed by atoms with Gasteiger partial charge in [0.1, 0.15) is 0 Å². The van der Waals surface area contributed by atoms with Crippen molar-refractivity contribution >= 4 is 54.3 Å². The number of aryl methyl sites for hydroxylation is 2. The number of hydrogen-bond acceptors (Lipinski definition) is 8. The Balaban J connectivity index is 0.000000251. The standard InChI is InChI=1S/C28H40ClNO3S.C27H38ClNO3S/c1-27(2,3)34(32,33)22-8-6-4-5-7-9-23-10-16-26(17-11-23)30-20-18-28(31,19-21-30)24-12-14-25(29)15-13-24;1-22(2)33(31,32)21-7-5-3-4-6-8-23-9-15-26(16-10-23)29-19-17-27(30,18-20-29)24-11-13-25(28)14-12-24/h10-17,31H,4-9,18-22H2,1-3H3;9-16,22,30H,3-8,17-21H2,1-2H3. The first kappa shape index (κ1) is 54.8. The maximum Gasteiger partial charge on any atom is 0.155 e. The van der Waals surface area contributed by atoms with Gasteiger partial charge in [0, 0.05) is 47.6 Å². The van der Waals surface area contributed by atoms with Crippen molar-refractivity contribution in [2.45, 2.75) is 159 Å². The lowest BCUT2D eigenvalue weighted by atomic mass is 9.84. The van der Waals surface area contributed by atoms with E-state index in [1.807, 2.05) is 48.5 Å². The van der Waals surface area contributed by atoms with E-state index < -0.39 is 35.6 Å². The number of hydrogen-bond donors (Lipinski definition) is 2. The number of benzene rings is 4. The molecule has 67 heavy (non-hydrogen) atoms. The SMILES string of the molecule is CC(C)(C)S(=O)(=O)CCCCCCCc1ccc(N2CCC(O)(c3ccc(Cl)cc3)CC2)cc1.CC(C)S(=O)(=O)CCCCCCCc1ccc(N2CCC(O)(c3ccc(Cl)cc3)CC2)cc1. The van der Waals surface area contributed by atoms with Crippen LogP contribution in [0.4, 0.5) is 11.4 Å². The molecule has 0 aliphatic carbocycles. The summed E-state index contributed by atoms with van der Waals surface area (Å²) in [6.07, 6.45) is 15.1. The Kier molecular flexibility index (Phi) is 20.6. The molecule has 2 aliphatic heterocycles. The molecule has 370 valence electrons. The predicted octanol–water partition coefficient (Wildman–Crippen LogP) is 12.7. The molecule has 6 rings (SSSR count). The van der Waals surface area contributed by atoms with E-state index in [4.69, 9.17) is 23.2 Å². The molecule has 0 amide bonds. The Labute approximate surface area is 414 Å². The molecular formula is C55H78Cl2N2O6S2. The van der Waals surface area contributed by atoms with Crippen molar-refractivity contribution < 1.29 is 27.0 Å². The Morgan fingerprint density at radius 1 is 0.507 bits per heavy atom. The molecule has 2 N–H and O–H groups in total. The zero-order chi connectivity index (χ0) is 48.7. The van der Waals surface area contributed by atoms with Crippen LogP contribution in [-0.4, -0.2) is 74.7 Å². The first-order valence-corrected chi connectivity index (χ1v) is 28.9. The number of rotatable bonds is 21. The van der Waals surface area contributed by atoms with Gasteiger partial charge < -0.3 is 20.0 Å². The van der Waals surface area contributed by atoms with Crippen molar-refractivity contribution in [2.75, 3.05) is 47.5 Å². The van der Waals surface area contributed by atoms with Crippen molar-refractivity contribution in [2.24, 2.45) is 0 Å². The average Bonchev–Trinajstić information content (AvgIpc) is 3.29. The minimum Gasteiger partial charge on any atom is -0.385 e. The summed E-state index contributed by atoms with van der Waals surface area (Å²) in [6, 6.07) is 32.7. The van der Waals surface area contributed by atoms with Gasteiger partial charge in [-0.2, -0.15) is 0 Å². The molecule has 8 nitrogen and oxygen atoms in total. The molecule has 4 aromatic rings. The second-order valence-corrected chi connectivity index (χ2v) is 26.7. The monoisotopic (exact) mass is 996 g/mol. The van der Waals surface area contributed by atoms with Gasteiger partial charge >= 0.3 is 0 Å². The van der Waals surface area contributed by atoms with E-state index in [2.05, 4.69) is 58.3 Å². The van der Waals surface area contributed by atoms with Crippen LogP contribution < -0.4 is 9.80 Å². The molecule has 0 unspecified atom stereocenters. The van der Waals surface area contributed by atoms with Crippen molar-refractivity contribution in [1.29, 1.82) is 0 Å². The van der Waals surface area contributed by atoms with Gasteiger partial charge in [0.25, 0.3) is 0 Å². The third-order valence-corrected chi connectivity index (χ3v) is 19.5. The number of aliphatic hydroxyl groups is 2. The van der Waals surface area contributed by atoms with Crippen LogP contribution in [0.2, 0.25) is 10.0 Å². The number of unbranched alkanes of at least 4 members (excludes halogenated alkanes) is 8. The minimum atomic E-state index is -2.99. The van der Waals surface area contributed by atoms with E-state index in [9.17, 15) is 27.0 Å². The third kappa shape index (κ3) is 16.8. The second kappa shape index (κ2) is 25.1. The molecule has 2 fully saturated rings. The fourth-order valence-electron chi connectivity index (χ4n) is 8.97. The van der Waals surface area contributed by atoms with E-state index >= 15 is 0 Å². The minimum absolute atomic E-state index is 0.264. The molecule has 12 heteroatoms. The first-order valence-electron chi connectivity index (χ1n) is 24.8. The van der Waals surface area contributed by atoms with Crippen LogP contribution in [0.5, 0.6) is 0 Å². The lowest BCUT2D eigenvalue weighted by Gasteiger charge is -2.39. The van der Waals surface area contributed by atoms with E-state index in [0.717, 1.165) is 114 Å². The topological polar surface area (TPSA) is 115 Å². The summed E-state index contributed by atoms with van der Waals surface area (Å²) in [6.45, 7) is 12.1. The fraction of sp³-hybridized carbons (Fsp3) is 0.564. The zero-order valence-electron chi connectivity index (χ0n) is 40.9. The number of nitrogens with zero attached hydrogens (tertiary/aromatic N) is 2. The average molecular weight is 998 g/mol. The van der Waals surface area contributed by atoms with Crippen LogP contribution in [-0.2, 0) is 43.7 Å². The lowest BCUT2D eigenvalue weighted by molar-refractivity contribution is 0.0114. The number of anilines is 2. The second-order valence-electron chi connectivity index (χ2n) is 20.3. The molecule has 2 saturated heterocycles. The van der Waals surface area contributed by atoms with Gasteiger partial charge in [-0.05, 0) is 170 Å². The molecule has 0 saturated carbocycles. The summed E-state index contributed by atoms with van der Waals surface area (Å²) in [5.74, 6) is 0.616. The molecular weight excluding hydrogens is 920 g/mol. The van der Waals surface area contributed by atoms with Crippen LogP contribution in [0, 0.1) is 0 Å². The normalized spacial score (nSPS) is 16.4. The van der Waals surface area contributed by atoms with Crippen LogP contribution in [0.25, 0.3) is 0 Å². The van der Waals surface area contributed by atoms with Gasteiger partial charge in [-0.3, -0.25) is 0 Å². The van der Waals surface area contributed by atoms with Crippen molar-refractivity contribution in [1.82, 2.24) is 0 Å². The van der Waals surface area contributed by atoms with E-state index in [1.54, 1.807) is 34.6 Å². The van der Waals surface area contributed by atoms with Crippen LogP contribution in [0.15, 0.2) is 97.1 Å². The molecule has 0 bridgehead atoms. The maximum absolute atomic E-state index is 12.2. The zero-order valence-corrected chi connectivity index (χ0v) is 44.0. The Morgan fingerprint density at radius 3 is 1.18 bits per heavy atom. The summed E-state index contributed by atoms with van der Waals surface area (Å²) in [4.78, 5) is 4.69. The van der Waals surface area contributed by atoms with Gasteiger partial charge in [-0.1, -0.05) is 110 Å². The van der Waals surface area contributed by atoms with Crippen molar-refractivity contribution in [3.05, 3.63) is 129 Å². The van der Waals surface area contributed by atoms with Crippen LogP contribution >= 0.6 is 23.2 Å². The van der Waals surface area contributed by atoms with Crippen molar-refractivity contribution in [3.63, 3.8) is 0 Å². The Morgan fingerprint density at radius 2 is 0.836 bits per heavy atom.